The van der Waals surface area contributed by atoms with Crippen molar-refractivity contribution in [1.29, 1.82) is 0 Å². The topological polar surface area (TPSA) is 101 Å². The molecule has 0 fully saturated rings. The molecule has 8 heteroatoms. The minimum atomic E-state index is -3.72. The Balaban J connectivity index is 3.02. The lowest BCUT2D eigenvalue weighted by Crippen LogP contribution is -2.27. The van der Waals surface area contributed by atoms with Gasteiger partial charge < -0.3 is 5.32 Å². The maximum Gasteiger partial charge on any atom is 0.270 e. The highest BCUT2D eigenvalue weighted by molar-refractivity contribution is 7.89. The number of nitrogens with zero attached hydrogens (tertiary/aromatic N) is 1. The Bertz CT molecular complexity index is 572. The monoisotopic (exact) mass is 301 g/mol. The lowest BCUT2D eigenvalue weighted by Gasteiger charge is -2.10. The van der Waals surface area contributed by atoms with Gasteiger partial charge in [0.15, 0.2) is 0 Å². The Morgan fingerprint density at radius 2 is 2.00 bits per heavy atom. The maximum absolute atomic E-state index is 12.2. The van der Waals surface area contributed by atoms with Crippen molar-refractivity contribution >= 4 is 15.7 Å². The van der Waals surface area contributed by atoms with Gasteiger partial charge in [-0.05, 0) is 32.0 Å². The highest BCUT2D eigenvalue weighted by Crippen LogP contribution is 2.22. The van der Waals surface area contributed by atoms with E-state index in [1.165, 1.54) is 12.1 Å². The van der Waals surface area contributed by atoms with E-state index in [1.807, 2.05) is 0 Å². The third-order valence-electron chi connectivity index (χ3n) is 2.83. The predicted molar refractivity (Wildman–Crippen MR) is 76.2 cm³/mol. The van der Waals surface area contributed by atoms with E-state index in [4.69, 9.17) is 0 Å². The summed E-state index contributed by atoms with van der Waals surface area (Å²) < 4.78 is 26.9. The first-order chi connectivity index (χ1) is 9.42. The highest BCUT2D eigenvalue weighted by atomic mass is 32.2. The molecule has 7 nitrogen and oxygen atoms in total. The first-order valence-electron chi connectivity index (χ1n) is 6.34. The fourth-order valence-corrected chi connectivity index (χ4v) is 3.15. The quantitative estimate of drug-likeness (QED) is 0.424. The van der Waals surface area contributed by atoms with Gasteiger partial charge in [0.1, 0.15) is 0 Å². The van der Waals surface area contributed by atoms with Crippen molar-refractivity contribution in [2.45, 2.75) is 24.7 Å². The molecule has 0 aliphatic carbocycles. The number of hydrogen-bond donors (Lipinski definition) is 2. The second kappa shape index (κ2) is 7.32. The van der Waals surface area contributed by atoms with Crippen molar-refractivity contribution < 1.29 is 13.3 Å². The van der Waals surface area contributed by atoms with E-state index < -0.39 is 14.9 Å². The van der Waals surface area contributed by atoms with Gasteiger partial charge in [0.2, 0.25) is 10.0 Å². The average molecular weight is 301 g/mol. The van der Waals surface area contributed by atoms with Crippen molar-refractivity contribution in [3.63, 3.8) is 0 Å². The zero-order chi connectivity index (χ0) is 15.2. The van der Waals surface area contributed by atoms with Crippen LogP contribution < -0.4 is 10.0 Å². The number of benzene rings is 1. The first-order valence-corrected chi connectivity index (χ1v) is 7.82. The molecule has 0 unspecified atom stereocenters. The summed E-state index contributed by atoms with van der Waals surface area (Å²) in [5.74, 6) is 0. The van der Waals surface area contributed by atoms with Crippen LogP contribution in [0, 0.1) is 10.1 Å². The van der Waals surface area contributed by atoms with Crippen molar-refractivity contribution in [2.75, 3.05) is 20.1 Å². The van der Waals surface area contributed by atoms with Crippen LogP contribution in [-0.4, -0.2) is 33.5 Å². The number of nitrogens with one attached hydrogen (secondary N) is 2. The standard InChI is InChI=1S/C12H19N3O4S/c1-3-10-5-6-11(15(16)17)9-12(10)20(18,19)14-8-4-7-13-2/h5-6,9,13-14H,3-4,7-8H2,1-2H3. The van der Waals surface area contributed by atoms with E-state index in [1.54, 1.807) is 14.0 Å². The van der Waals surface area contributed by atoms with E-state index in [0.717, 1.165) is 6.07 Å². The van der Waals surface area contributed by atoms with Crippen LogP contribution in [0.1, 0.15) is 18.9 Å². The maximum atomic E-state index is 12.2. The van der Waals surface area contributed by atoms with Gasteiger partial charge in [0, 0.05) is 18.7 Å². The lowest BCUT2D eigenvalue weighted by atomic mass is 10.1. The van der Waals surface area contributed by atoms with Crippen LogP contribution >= 0.6 is 0 Å². The number of aryl methyl sites for hydroxylation is 1. The lowest BCUT2D eigenvalue weighted by molar-refractivity contribution is -0.385. The number of non-ortho nitro benzene ring substituents is 1. The van der Waals surface area contributed by atoms with Gasteiger partial charge in [0.05, 0.1) is 9.82 Å². The molecule has 0 bridgehead atoms. The molecule has 20 heavy (non-hydrogen) atoms. The Morgan fingerprint density at radius 1 is 1.30 bits per heavy atom. The number of nitro benzene ring substituents is 1. The van der Waals surface area contributed by atoms with Gasteiger partial charge >= 0.3 is 0 Å². The van der Waals surface area contributed by atoms with E-state index in [9.17, 15) is 18.5 Å². The van der Waals surface area contributed by atoms with Crippen molar-refractivity contribution in [3.05, 3.63) is 33.9 Å². The van der Waals surface area contributed by atoms with Crippen molar-refractivity contribution in [3.8, 4) is 0 Å². The van der Waals surface area contributed by atoms with Crippen LogP contribution in [0.2, 0.25) is 0 Å². The smallest absolute Gasteiger partial charge is 0.270 e. The molecular formula is C12H19N3O4S. The van der Waals surface area contributed by atoms with E-state index in [2.05, 4.69) is 10.0 Å². The number of nitro groups is 1. The molecule has 0 atom stereocenters. The Kier molecular flexibility index (Phi) is 6.05. The van der Waals surface area contributed by atoms with Gasteiger partial charge in [-0.1, -0.05) is 13.0 Å². The molecule has 0 radical (unpaired) electrons. The molecule has 0 aliphatic heterocycles. The first kappa shape index (κ1) is 16.5. The van der Waals surface area contributed by atoms with Crippen LogP contribution in [0.5, 0.6) is 0 Å². The highest BCUT2D eigenvalue weighted by Gasteiger charge is 2.20. The van der Waals surface area contributed by atoms with Crippen LogP contribution in [0.4, 0.5) is 5.69 Å². The van der Waals surface area contributed by atoms with Gasteiger partial charge in [-0.2, -0.15) is 0 Å². The molecule has 0 spiro atoms. The number of hydrogen-bond acceptors (Lipinski definition) is 5. The molecule has 112 valence electrons. The van der Waals surface area contributed by atoms with Gasteiger partial charge in [-0.25, -0.2) is 13.1 Å². The van der Waals surface area contributed by atoms with Gasteiger partial charge in [-0.3, -0.25) is 10.1 Å². The molecule has 0 amide bonds. The Morgan fingerprint density at radius 3 is 2.55 bits per heavy atom. The minimum absolute atomic E-state index is 0.0151. The molecular weight excluding hydrogens is 282 g/mol. The summed E-state index contributed by atoms with van der Waals surface area (Å²) in [6.07, 6.45) is 1.14. The molecule has 0 aromatic heterocycles. The van der Waals surface area contributed by atoms with E-state index in [0.29, 0.717) is 24.9 Å². The molecule has 0 heterocycles. The number of rotatable bonds is 8. The Hall–Kier alpha value is -1.51. The Labute approximate surface area is 118 Å². The SMILES string of the molecule is CCc1ccc([N+](=O)[O-])cc1S(=O)(=O)NCCCNC. The zero-order valence-electron chi connectivity index (χ0n) is 11.5. The molecule has 0 aliphatic rings. The minimum Gasteiger partial charge on any atom is -0.320 e. The molecule has 0 saturated heterocycles. The van der Waals surface area contributed by atoms with E-state index in [-0.39, 0.29) is 17.1 Å². The third-order valence-corrected chi connectivity index (χ3v) is 4.37. The van der Waals surface area contributed by atoms with Crippen molar-refractivity contribution in [1.82, 2.24) is 10.0 Å². The second-order valence-corrected chi connectivity index (χ2v) is 5.99. The summed E-state index contributed by atoms with van der Waals surface area (Å²) in [5.41, 5.74) is 0.342. The van der Waals surface area contributed by atoms with Gasteiger partial charge in [0.25, 0.3) is 5.69 Å². The van der Waals surface area contributed by atoms with Crippen molar-refractivity contribution in [2.24, 2.45) is 0 Å². The summed E-state index contributed by atoms with van der Waals surface area (Å²) in [6.45, 7) is 2.79. The zero-order valence-corrected chi connectivity index (χ0v) is 12.4. The average Bonchev–Trinajstić information content (AvgIpc) is 2.42. The summed E-state index contributed by atoms with van der Waals surface area (Å²) in [6, 6.07) is 3.92. The summed E-state index contributed by atoms with van der Waals surface area (Å²) >= 11 is 0. The molecule has 0 saturated carbocycles. The predicted octanol–water partition coefficient (Wildman–Crippen LogP) is 1.04. The summed E-state index contributed by atoms with van der Waals surface area (Å²) in [5, 5.41) is 13.7. The van der Waals surface area contributed by atoms with Gasteiger partial charge in [-0.15, -0.1) is 0 Å². The summed E-state index contributed by atoms with van der Waals surface area (Å²) in [4.78, 5) is 10.1. The molecule has 1 rings (SSSR count). The summed E-state index contributed by atoms with van der Waals surface area (Å²) in [7, 11) is -1.94. The fourth-order valence-electron chi connectivity index (χ4n) is 1.75. The molecule has 1 aromatic carbocycles. The van der Waals surface area contributed by atoms with E-state index >= 15 is 0 Å². The van der Waals surface area contributed by atoms with Crippen LogP contribution in [-0.2, 0) is 16.4 Å². The van der Waals surface area contributed by atoms with Crippen LogP contribution in [0.15, 0.2) is 23.1 Å². The normalized spacial score (nSPS) is 11.5. The largest absolute Gasteiger partial charge is 0.320 e. The van der Waals surface area contributed by atoms with Crippen LogP contribution in [0.25, 0.3) is 0 Å². The molecule has 2 N–H and O–H groups in total. The fraction of sp³-hybridized carbons (Fsp3) is 0.500. The third kappa shape index (κ3) is 4.26. The number of sulfonamides is 1. The second-order valence-electron chi connectivity index (χ2n) is 4.26. The molecule has 1 aromatic rings. The van der Waals surface area contributed by atoms with Crippen LogP contribution in [0.3, 0.4) is 0 Å².